The van der Waals surface area contributed by atoms with Crippen molar-refractivity contribution < 1.29 is 23.0 Å². The van der Waals surface area contributed by atoms with Gasteiger partial charge in [-0.25, -0.2) is 13.6 Å². The van der Waals surface area contributed by atoms with Gasteiger partial charge in [0.2, 0.25) is 5.43 Å². The molecule has 0 spiro atoms. The number of halogens is 2. The first-order valence-electron chi connectivity index (χ1n) is 14.5. The monoisotopic (exact) mass is 662 g/mol. The zero-order chi connectivity index (χ0) is 32.8. The molecule has 0 aliphatic carbocycles. The molecule has 46 heavy (non-hydrogen) atoms. The number of hydrogen-bond donors (Lipinski definition) is 2. The summed E-state index contributed by atoms with van der Waals surface area (Å²) in [6.07, 6.45) is 0.250. The molecule has 0 amide bonds. The van der Waals surface area contributed by atoms with Gasteiger partial charge >= 0.3 is 6.16 Å². The van der Waals surface area contributed by atoms with Crippen molar-refractivity contribution in [3.05, 3.63) is 118 Å². The number of nitrogens with one attached hydrogen (secondary N) is 2. The lowest BCUT2D eigenvalue weighted by Gasteiger charge is -2.18. The molecular weight excluding hydrogens is 631 g/mol. The standard InChI is InChI=1S/C34H32F2N4O4S2/c1-4-43-34(42)44-28-20-40(19-24-26(35)11-8-12-27(24)36)32-29(30(28)41)25(18-39(3)17-21-9-6-5-7-10-21)31(46-32)22-13-15-23(16-14-22)38-33(45)37-2/h5-16,20H,4,17-19H2,1-3H3,(H2,37,38,45). The quantitative estimate of drug-likeness (QED) is 0.121. The summed E-state index contributed by atoms with van der Waals surface area (Å²) in [6.45, 7) is 2.34. The Hall–Kier alpha value is -4.65. The number of hydrogen-bond acceptors (Lipinski definition) is 7. The summed E-state index contributed by atoms with van der Waals surface area (Å²) in [5, 5.41) is 6.72. The van der Waals surface area contributed by atoms with Gasteiger partial charge in [0.1, 0.15) is 16.5 Å². The first kappa shape index (κ1) is 32.7. The molecule has 0 saturated carbocycles. The Bertz CT molecular complexity index is 1910. The van der Waals surface area contributed by atoms with E-state index in [1.807, 2.05) is 61.6 Å². The molecule has 3 aromatic carbocycles. The normalized spacial score (nSPS) is 11.1. The minimum absolute atomic E-state index is 0.0394. The summed E-state index contributed by atoms with van der Waals surface area (Å²) in [7, 11) is 3.67. The number of benzene rings is 3. The molecule has 2 N–H and O–H groups in total. The highest BCUT2D eigenvalue weighted by molar-refractivity contribution is 7.80. The third-order valence-electron chi connectivity index (χ3n) is 7.17. The number of aromatic nitrogens is 1. The average molecular weight is 663 g/mol. The Kier molecular flexibility index (Phi) is 10.4. The van der Waals surface area contributed by atoms with E-state index < -0.39 is 23.2 Å². The van der Waals surface area contributed by atoms with E-state index in [-0.39, 0.29) is 29.9 Å². The highest BCUT2D eigenvalue weighted by Crippen LogP contribution is 2.40. The van der Waals surface area contributed by atoms with Crippen molar-refractivity contribution in [1.82, 2.24) is 14.8 Å². The summed E-state index contributed by atoms with van der Waals surface area (Å²) in [6, 6.07) is 21.1. The number of nitrogens with zero attached hydrogens (tertiary/aromatic N) is 2. The van der Waals surface area contributed by atoms with E-state index in [1.165, 1.54) is 35.7 Å². The van der Waals surface area contributed by atoms with Crippen LogP contribution in [0.5, 0.6) is 5.75 Å². The fourth-order valence-corrected chi connectivity index (χ4v) is 6.46. The van der Waals surface area contributed by atoms with Gasteiger partial charge in [0, 0.05) is 36.3 Å². The van der Waals surface area contributed by atoms with Crippen LogP contribution in [0, 0.1) is 11.6 Å². The average Bonchev–Trinajstić information content (AvgIpc) is 3.41. The molecule has 0 radical (unpaired) electrons. The van der Waals surface area contributed by atoms with Crippen molar-refractivity contribution in [2.75, 3.05) is 26.0 Å². The SMILES string of the molecule is CCOC(=O)Oc1cn(Cc2c(F)cccc2F)c2sc(-c3ccc(NC(=S)NC)cc3)c(CN(C)Cc3ccccc3)c2c1=O. The molecule has 2 aromatic heterocycles. The predicted molar refractivity (Wildman–Crippen MR) is 182 cm³/mol. The van der Waals surface area contributed by atoms with Gasteiger partial charge in [0.05, 0.1) is 24.7 Å². The third kappa shape index (κ3) is 7.41. The summed E-state index contributed by atoms with van der Waals surface area (Å²) in [5.74, 6) is -1.78. The maximum Gasteiger partial charge on any atom is 0.514 e. The molecule has 0 aliphatic heterocycles. The minimum Gasteiger partial charge on any atom is -0.434 e. The van der Waals surface area contributed by atoms with Crippen LogP contribution in [0.1, 0.15) is 23.6 Å². The first-order valence-corrected chi connectivity index (χ1v) is 15.7. The van der Waals surface area contributed by atoms with Crippen LogP contribution in [0.2, 0.25) is 0 Å². The number of carbonyl (C=O) groups excluding carboxylic acids is 1. The van der Waals surface area contributed by atoms with Crippen LogP contribution in [0.4, 0.5) is 19.3 Å². The van der Waals surface area contributed by atoms with Gasteiger partial charge in [-0.2, -0.15) is 0 Å². The smallest absolute Gasteiger partial charge is 0.434 e. The topological polar surface area (TPSA) is 84.8 Å². The maximum atomic E-state index is 14.9. The van der Waals surface area contributed by atoms with E-state index in [9.17, 15) is 18.4 Å². The van der Waals surface area contributed by atoms with Gasteiger partial charge in [-0.05, 0) is 67.1 Å². The number of fused-ring (bicyclic) bond motifs is 1. The van der Waals surface area contributed by atoms with Gasteiger partial charge in [0.15, 0.2) is 10.9 Å². The van der Waals surface area contributed by atoms with E-state index >= 15 is 0 Å². The lowest BCUT2D eigenvalue weighted by molar-refractivity contribution is 0.104. The van der Waals surface area contributed by atoms with Crippen LogP contribution in [0.25, 0.3) is 20.7 Å². The van der Waals surface area contributed by atoms with Crippen molar-refractivity contribution in [2.45, 2.75) is 26.6 Å². The van der Waals surface area contributed by atoms with E-state index in [4.69, 9.17) is 21.7 Å². The maximum absolute atomic E-state index is 14.9. The minimum atomic E-state index is -1.05. The largest absolute Gasteiger partial charge is 0.514 e. The molecule has 5 rings (SSSR count). The Balaban J connectivity index is 1.70. The van der Waals surface area contributed by atoms with E-state index in [2.05, 4.69) is 15.5 Å². The van der Waals surface area contributed by atoms with Crippen molar-refractivity contribution in [3.63, 3.8) is 0 Å². The molecular formula is C34H32F2N4O4S2. The Morgan fingerprint density at radius 1 is 0.978 bits per heavy atom. The van der Waals surface area contributed by atoms with Crippen LogP contribution in [-0.2, 0) is 24.4 Å². The summed E-state index contributed by atoms with van der Waals surface area (Å²) < 4.78 is 41.6. The van der Waals surface area contributed by atoms with E-state index in [0.717, 1.165) is 21.7 Å². The van der Waals surface area contributed by atoms with Crippen LogP contribution >= 0.6 is 23.6 Å². The van der Waals surface area contributed by atoms with E-state index in [0.29, 0.717) is 28.6 Å². The summed E-state index contributed by atoms with van der Waals surface area (Å²) in [4.78, 5) is 29.8. The number of anilines is 1. The van der Waals surface area contributed by atoms with Gasteiger partial charge in [-0.3, -0.25) is 9.69 Å². The van der Waals surface area contributed by atoms with Gasteiger partial charge in [-0.15, -0.1) is 11.3 Å². The van der Waals surface area contributed by atoms with Crippen molar-refractivity contribution in [2.24, 2.45) is 0 Å². The fourth-order valence-electron chi connectivity index (χ4n) is 5.05. The Labute approximate surface area is 274 Å². The number of carbonyl (C=O) groups is 1. The van der Waals surface area contributed by atoms with Crippen LogP contribution in [0.15, 0.2) is 83.8 Å². The predicted octanol–water partition coefficient (Wildman–Crippen LogP) is 7.14. The first-order chi connectivity index (χ1) is 22.2. The molecule has 2 heterocycles. The molecule has 0 unspecified atom stereocenters. The van der Waals surface area contributed by atoms with Crippen LogP contribution in [0.3, 0.4) is 0 Å². The molecule has 0 saturated heterocycles. The molecule has 0 bridgehead atoms. The number of pyridine rings is 1. The van der Waals surface area contributed by atoms with E-state index in [1.54, 1.807) is 18.5 Å². The van der Waals surface area contributed by atoms with Gasteiger partial charge in [-0.1, -0.05) is 48.5 Å². The fraction of sp³-hybridized carbons (Fsp3) is 0.206. The Morgan fingerprint density at radius 3 is 2.33 bits per heavy atom. The van der Waals surface area contributed by atoms with Crippen molar-refractivity contribution in [1.29, 1.82) is 0 Å². The van der Waals surface area contributed by atoms with Gasteiger partial charge < -0.3 is 24.7 Å². The zero-order valence-corrected chi connectivity index (χ0v) is 27.1. The lowest BCUT2D eigenvalue weighted by Crippen LogP contribution is -2.23. The number of thiocarbonyl (C=S) groups is 1. The summed E-state index contributed by atoms with van der Waals surface area (Å²) in [5.41, 5.74) is 2.64. The number of ether oxygens (including phenoxy) is 2. The molecule has 0 fully saturated rings. The molecule has 8 nitrogen and oxygen atoms in total. The third-order valence-corrected chi connectivity index (χ3v) is 8.80. The highest BCUT2D eigenvalue weighted by Gasteiger charge is 2.25. The Morgan fingerprint density at radius 2 is 1.67 bits per heavy atom. The second kappa shape index (κ2) is 14.6. The number of thiophene rings is 1. The van der Waals surface area contributed by atoms with Crippen molar-refractivity contribution >= 4 is 50.7 Å². The molecule has 12 heteroatoms. The lowest BCUT2D eigenvalue weighted by atomic mass is 10.0. The van der Waals surface area contributed by atoms with Crippen LogP contribution < -0.4 is 20.8 Å². The zero-order valence-electron chi connectivity index (χ0n) is 25.4. The second-order valence-electron chi connectivity index (χ2n) is 10.5. The molecule has 0 aliphatic rings. The highest BCUT2D eigenvalue weighted by atomic mass is 32.1. The second-order valence-corrected chi connectivity index (χ2v) is 11.9. The van der Waals surface area contributed by atoms with Gasteiger partial charge in [0.25, 0.3) is 0 Å². The number of rotatable bonds is 10. The molecule has 5 aromatic rings. The van der Waals surface area contributed by atoms with Crippen LogP contribution in [-0.4, -0.2) is 41.4 Å². The van der Waals surface area contributed by atoms with Crippen molar-refractivity contribution in [3.8, 4) is 16.2 Å². The summed E-state index contributed by atoms with van der Waals surface area (Å²) >= 11 is 6.55. The molecule has 238 valence electrons. The molecule has 0 atom stereocenters.